The molecule has 0 aliphatic heterocycles. The van der Waals surface area contributed by atoms with Gasteiger partial charge in [0.25, 0.3) is 0 Å². The van der Waals surface area contributed by atoms with E-state index in [1.165, 1.54) is 167 Å². The van der Waals surface area contributed by atoms with Gasteiger partial charge in [0.05, 0.1) is 34.4 Å². The van der Waals surface area contributed by atoms with Crippen molar-refractivity contribution in [3.8, 4) is 0 Å². The number of carbonyl (C=O) groups is 3. The maximum absolute atomic E-state index is 12.8. The Bertz CT molecular complexity index is 1160. The Kier molecular flexibility index (Phi) is 46.2. The highest BCUT2D eigenvalue weighted by atomic mass is 16.6. The van der Waals surface area contributed by atoms with Crippen molar-refractivity contribution in [1.82, 2.24) is 0 Å². The van der Waals surface area contributed by atoms with Gasteiger partial charge in [0.1, 0.15) is 6.61 Å². The van der Waals surface area contributed by atoms with E-state index in [1.807, 2.05) is 21.1 Å². The number of carbonyl (C=O) groups excluding carboxylic acids is 2. The number of aliphatic carboxylic acids is 1. The maximum atomic E-state index is 12.8. The summed E-state index contributed by atoms with van der Waals surface area (Å²) < 4.78 is 17.4. The van der Waals surface area contributed by atoms with E-state index in [0.717, 1.165) is 57.8 Å². The van der Waals surface area contributed by atoms with Gasteiger partial charge >= 0.3 is 17.9 Å². The Morgan fingerprint density at radius 3 is 1.23 bits per heavy atom. The molecular weight excluding hydrogens is 811 g/mol. The van der Waals surface area contributed by atoms with Gasteiger partial charge in [0, 0.05) is 19.3 Å². The van der Waals surface area contributed by atoms with E-state index in [4.69, 9.17) is 14.2 Å². The van der Waals surface area contributed by atoms with E-state index in [-0.39, 0.29) is 36.2 Å². The third-order valence-corrected chi connectivity index (χ3v) is 12.5. The lowest BCUT2D eigenvalue weighted by molar-refractivity contribution is -0.887. The van der Waals surface area contributed by atoms with Crippen LogP contribution < -0.4 is 0 Å². The Morgan fingerprint density at radius 2 is 0.815 bits per heavy atom. The first-order chi connectivity index (χ1) is 31.6. The summed E-state index contributed by atoms with van der Waals surface area (Å²) in [5, 5.41) is 9.67. The molecule has 0 aromatic heterocycles. The van der Waals surface area contributed by atoms with Crippen LogP contribution in [0.15, 0.2) is 36.5 Å². The molecule has 0 saturated heterocycles. The predicted octanol–water partition coefficient (Wildman–Crippen LogP) is 16.1. The lowest BCUT2D eigenvalue weighted by Gasteiger charge is -2.31. The first-order valence-corrected chi connectivity index (χ1v) is 27.5. The highest BCUT2D eigenvalue weighted by molar-refractivity contribution is 5.72. The molecule has 380 valence electrons. The molecule has 0 heterocycles. The first kappa shape index (κ1) is 62.5. The number of allylic oxidation sites excluding steroid dienone is 6. The molecule has 65 heavy (non-hydrogen) atoms. The molecule has 8 heteroatoms. The number of carboxylic acids is 1. The van der Waals surface area contributed by atoms with E-state index in [0.29, 0.717) is 19.3 Å². The van der Waals surface area contributed by atoms with Crippen molar-refractivity contribution in [1.29, 1.82) is 0 Å². The van der Waals surface area contributed by atoms with Crippen molar-refractivity contribution in [2.75, 3.05) is 41.0 Å². The quantitative estimate of drug-likeness (QED) is 0.0281. The molecule has 2 atom stereocenters. The molecule has 0 aromatic rings. The molecule has 0 aromatic carbocycles. The van der Waals surface area contributed by atoms with Crippen molar-refractivity contribution in [2.24, 2.45) is 0 Å². The lowest BCUT2D eigenvalue weighted by atomic mass is 10.0. The van der Waals surface area contributed by atoms with Crippen LogP contribution in [0.5, 0.6) is 0 Å². The summed E-state index contributed by atoms with van der Waals surface area (Å²) in [5.74, 6) is -1.46. The fourth-order valence-corrected chi connectivity index (χ4v) is 8.28. The number of esters is 2. The van der Waals surface area contributed by atoms with Crippen molar-refractivity contribution < 1.29 is 38.2 Å². The number of likely N-dealkylation sites (N-methyl/N-ethyl adjacent to an activating group) is 1. The van der Waals surface area contributed by atoms with Gasteiger partial charge in [-0.25, -0.2) is 4.79 Å². The van der Waals surface area contributed by atoms with Gasteiger partial charge in [-0.15, -0.1) is 0 Å². The zero-order valence-corrected chi connectivity index (χ0v) is 43.5. The first-order valence-electron chi connectivity index (χ1n) is 27.5. The minimum Gasteiger partial charge on any atom is -0.477 e. The fraction of sp³-hybridized carbons (Fsp3) is 0.842. The summed E-state index contributed by atoms with van der Waals surface area (Å²) in [4.78, 5) is 37.2. The average Bonchev–Trinajstić information content (AvgIpc) is 3.27. The number of hydrogen-bond donors (Lipinski definition) is 1. The monoisotopic (exact) mass is 917 g/mol. The van der Waals surface area contributed by atoms with E-state index < -0.39 is 18.1 Å². The molecule has 0 radical (unpaired) electrons. The van der Waals surface area contributed by atoms with Crippen LogP contribution in [0.3, 0.4) is 0 Å². The molecule has 8 nitrogen and oxygen atoms in total. The molecule has 0 amide bonds. The van der Waals surface area contributed by atoms with Gasteiger partial charge in [-0.2, -0.15) is 0 Å². The normalized spacial score (nSPS) is 13.1. The number of hydrogen-bond acceptors (Lipinski definition) is 6. The Morgan fingerprint density at radius 1 is 0.462 bits per heavy atom. The Hall–Kier alpha value is -2.45. The highest BCUT2D eigenvalue weighted by Crippen LogP contribution is 2.17. The Labute approximate surface area is 402 Å². The molecule has 0 spiro atoms. The smallest absolute Gasteiger partial charge is 0.362 e. The molecule has 0 fully saturated rings. The molecule has 1 N–H and O–H groups in total. The van der Waals surface area contributed by atoms with Crippen LogP contribution >= 0.6 is 0 Å². The lowest BCUT2D eigenvalue weighted by Crippen LogP contribution is -2.50. The second-order valence-corrected chi connectivity index (χ2v) is 19.8. The largest absolute Gasteiger partial charge is 0.477 e. The zero-order chi connectivity index (χ0) is 47.7. The van der Waals surface area contributed by atoms with Crippen molar-refractivity contribution >= 4 is 17.9 Å². The van der Waals surface area contributed by atoms with Crippen molar-refractivity contribution in [2.45, 2.75) is 270 Å². The molecule has 0 saturated carbocycles. The highest BCUT2D eigenvalue weighted by Gasteiger charge is 2.31. The SMILES string of the molecule is CCCCC/C=C/C/C=C/C/C=C/CCCCCCCCCCCC(=O)OC(COCCC(C(=O)O)[N+](C)(C)C)COC(=O)CCCCCCCCCCCCCCCCCCCCC. The molecular formula is C57H106NO7+. The summed E-state index contributed by atoms with van der Waals surface area (Å²) in [5.41, 5.74) is 0. The Balaban J connectivity index is 4.19. The van der Waals surface area contributed by atoms with Gasteiger partial charge in [-0.1, -0.05) is 224 Å². The van der Waals surface area contributed by atoms with Crippen LogP contribution in [0, 0.1) is 0 Å². The van der Waals surface area contributed by atoms with E-state index in [9.17, 15) is 19.5 Å². The molecule has 2 unspecified atom stereocenters. The number of ether oxygens (including phenoxy) is 3. The fourth-order valence-electron chi connectivity index (χ4n) is 8.28. The topological polar surface area (TPSA) is 99.1 Å². The van der Waals surface area contributed by atoms with Crippen LogP contribution in [-0.2, 0) is 28.6 Å². The number of carboxylic acid groups (broad SMARTS) is 1. The van der Waals surface area contributed by atoms with Crippen LogP contribution in [0.2, 0.25) is 0 Å². The number of quaternary nitrogens is 1. The summed E-state index contributed by atoms with van der Waals surface area (Å²) in [6.45, 7) is 4.75. The minimum atomic E-state index is -0.873. The minimum absolute atomic E-state index is 0.0492. The molecule has 0 aliphatic rings. The predicted molar refractivity (Wildman–Crippen MR) is 275 cm³/mol. The standard InChI is InChI=1S/C57H105NO7/c1-6-8-10-12-14-16-18-20-22-24-26-27-28-30-32-34-36-38-40-42-44-46-48-56(60)65-53(51-63-50-49-54(57(61)62)58(3,4)5)52-64-55(59)47-45-43-41-39-37-35-33-31-29-25-23-21-19-17-15-13-11-9-7-2/h14,16,20,22,26-27,53-54H,6-13,15,17-19,21,23-25,28-52H2,1-5H3/p+1/b16-14+,22-20+,27-26+. The number of nitrogens with zero attached hydrogens (tertiary/aromatic N) is 1. The van der Waals surface area contributed by atoms with Gasteiger partial charge in [0.2, 0.25) is 0 Å². The second kappa shape index (κ2) is 48.0. The van der Waals surface area contributed by atoms with Crippen molar-refractivity contribution in [3.05, 3.63) is 36.5 Å². The average molecular weight is 917 g/mol. The third-order valence-electron chi connectivity index (χ3n) is 12.5. The van der Waals surface area contributed by atoms with Gasteiger partial charge in [-0.3, -0.25) is 9.59 Å². The number of unbranched alkanes of at least 4 members (excludes halogenated alkanes) is 30. The van der Waals surface area contributed by atoms with E-state index in [2.05, 4.69) is 50.3 Å². The van der Waals surface area contributed by atoms with Gasteiger partial charge in [0.15, 0.2) is 12.1 Å². The third kappa shape index (κ3) is 46.4. The summed E-state index contributed by atoms with van der Waals surface area (Å²) in [7, 11) is 5.54. The van der Waals surface area contributed by atoms with E-state index in [1.54, 1.807) is 0 Å². The van der Waals surface area contributed by atoms with Crippen LogP contribution in [0.1, 0.15) is 258 Å². The summed E-state index contributed by atoms with van der Waals surface area (Å²) in [6.07, 6.45) is 57.6. The van der Waals surface area contributed by atoms with Crippen LogP contribution in [-0.4, -0.2) is 80.6 Å². The van der Waals surface area contributed by atoms with Gasteiger partial charge in [-0.05, 0) is 51.4 Å². The van der Waals surface area contributed by atoms with Crippen LogP contribution in [0.25, 0.3) is 0 Å². The maximum Gasteiger partial charge on any atom is 0.362 e. The second-order valence-electron chi connectivity index (χ2n) is 19.8. The van der Waals surface area contributed by atoms with Gasteiger partial charge < -0.3 is 23.8 Å². The van der Waals surface area contributed by atoms with Crippen molar-refractivity contribution in [3.63, 3.8) is 0 Å². The molecule has 0 aliphatic carbocycles. The zero-order valence-electron chi connectivity index (χ0n) is 43.5. The molecule has 0 bridgehead atoms. The summed E-state index contributed by atoms with van der Waals surface area (Å²) in [6, 6.07) is -0.615. The number of rotatable bonds is 50. The van der Waals surface area contributed by atoms with E-state index >= 15 is 0 Å². The van der Waals surface area contributed by atoms with Crippen LogP contribution in [0.4, 0.5) is 0 Å². The molecule has 0 rings (SSSR count). The summed E-state index contributed by atoms with van der Waals surface area (Å²) >= 11 is 0.